The summed E-state index contributed by atoms with van der Waals surface area (Å²) in [6.45, 7) is 0. The minimum atomic E-state index is 0.600. The lowest BCUT2D eigenvalue weighted by molar-refractivity contribution is 0.622. The lowest BCUT2D eigenvalue weighted by Gasteiger charge is -2.26. The van der Waals surface area contributed by atoms with Crippen molar-refractivity contribution in [1.29, 1.82) is 0 Å². The summed E-state index contributed by atoms with van der Waals surface area (Å²) in [5.74, 6) is 0.600. The van der Waals surface area contributed by atoms with Crippen LogP contribution >= 0.6 is 0 Å². The third-order valence-corrected chi connectivity index (χ3v) is 10.3. The molecule has 8 aromatic carbocycles. The molecule has 5 heteroatoms. The highest BCUT2D eigenvalue weighted by Crippen LogP contribution is 2.42. The van der Waals surface area contributed by atoms with Gasteiger partial charge >= 0.3 is 0 Å². The quantitative estimate of drug-likeness (QED) is 0.173. The third-order valence-electron chi connectivity index (χ3n) is 10.3. The Morgan fingerprint density at radius 2 is 0.963 bits per heavy atom. The number of rotatable bonds is 6. The van der Waals surface area contributed by atoms with Gasteiger partial charge in [-0.2, -0.15) is 0 Å². The van der Waals surface area contributed by atoms with Crippen LogP contribution in [0.25, 0.3) is 88.7 Å². The Morgan fingerprint density at radius 3 is 1.81 bits per heavy atom. The predicted octanol–water partition coefficient (Wildman–Crippen LogP) is 14.1. The first-order valence-corrected chi connectivity index (χ1v) is 18.0. The van der Waals surface area contributed by atoms with Crippen molar-refractivity contribution in [3.05, 3.63) is 182 Å². The van der Waals surface area contributed by atoms with E-state index in [1.165, 1.54) is 5.56 Å². The van der Waals surface area contributed by atoms with E-state index in [9.17, 15) is 0 Å². The molecule has 5 nitrogen and oxygen atoms in total. The second-order valence-electron chi connectivity index (χ2n) is 13.6. The summed E-state index contributed by atoms with van der Waals surface area (Å²) in [5.41, 5.74) is 13.4. The summed E-state index contributed by atoms with van der Waals surface area (Å²) in [6, 6.07) is 62.9. The van der Waals surface area contributed by atoms with Crippen molar-refractivity contribution in [2.75, 3.05) is 4.90 Å². The van der Waals surface area contributed by atoms with Gasteiger partial charge < -0.3 is 18.2 Å². The Labute approximate surface area is 309 Å². The fraction of sp³-hybridized carbons (Fsp3) is 0. The molecule has 0 spiro atoms. The number of nitrogens with zero attached hydrogens (tertiary/aromatic N) is 2. The van der Waals surface area contributed by atoms with Crippen LogP contribution in [0.1, 0.15) is 0 Å². The van der Waals surface area contributed by atoms with Crippen LogP contribution in [0.5, 0.6) is 0 Å². The van der Waals surface area contributed by atoms with Crippen LogP contribution in [0.2, 0.25) is 0 Å². The maximum atomic E-state index is 6.41. The molecule has 0 saturated heterocycles. The van der Waals surface area contributed by atoms with E-state index in [2.05, 4.69) is 126 Å². The Balaban J connectivity index is 0.993. The standard InChI is InChI=1S/C49H30N2O3/c1-3-10-31(11-4-1)34-14-9-15-37(28-34)51(38-23-25-40-39-16-7-8-17-43(39)52-46(40)30-38)36-21-18-32(19-22-36)35-20-24-41-45(29-35)53-44-27-26-42-48(47(41)44)54-49(50-42)33-12-5-2-6-13-33/h1-30H. The second kappa shape index (κ2) is 12.1. The molecular weight excluding hydrogens is 665 g/mol. The van der Waals surface area contributed by atoms with Crippen molar-refractivity contribution < 1.29 is 13.3 Å². The molecule has 0 amide bonds. The van der Waals surface area contributed by atoms with Crippen molar-refractivity contribution in [1.82, 2.24) is 4.98 Å². The Kier molecular flexibility index (Phi) is 6.79. The summed E-state index contributed by atoms with van der Waals surface area (Å²) in [7, 11) is 0. The predicted molar refractivity (Wildman–Crippen MR) is 220 cm³/mol. The zero-order valence-corrected chi connectivity index (χ0v) is 28.9. The van der Waals surface area contributed by atoms with Gasteiger partial charge in [0.15, 0.2) is 5.58 Å². The van der Waals surface area contributed by atoms with Gasteiger partial charge in [0.25, 0.3) is 0 Å². The minimum absolute atomic E-state index is 0.600. The monoisotopic (exact) mass is 694 g/mol. The fourth-order valence-corrected chi connectivity index (χ4v) is 7.69. The Bertz CT molecular complexity index is 3160. The van der Waals surface area contributed by atoms with Crippen molar-refractivity contribution in [3.8, 4) is 33.7 Å². The summed E-state index contributed by atoms with van der Waals surface area (Å²) in [4.78, 5) is 7.07. The molecule has 54 heavy (non-hydrogen) atoms. The van der Waals surface area contributed by atoms with Crippen molar-refractivity contribution in [3.63, 3.8) is 0 Å². The van der Waals surface area contributed by atoms with Gasteiger partial charge in [-0.15, -0.1) is 0 Å². The van der Waals surface area contributed by atoms with E-state index in [4.69, 9.17) is 18.2 Å². The number of fused-ring (bicyclic) bond motifs is 8. The second-order valence-corrected chi connectivity index (χ2v) is 13.6. The molecule has 0 saturated carbocycles. The normalized spacial score (nSPS) is 11.7. The number of furan rings is 2. The largest absolute Gasteiger partial charge is 0.456 e. The molecule has 0 aliphatic rings. The highest BCUT2D eigenvalue weighted by Gasteiger charge is 2.19. The lowest BCUT2D eigenvalue weighted by atomic mass is 10.0. The minimum Gasteiger partial charge on any atom is -0.456 e. The molecule has 3 heterocycles. The van der Waals surface area contributed by atoms with Crippen LogP contribution < -0.4 is 4.90 Å². The molecule has 0 aliphatic carbocycles. The summed E-state index contributed by atoms with van der Waals surface area (Å²) in [5, 5.41) is 4.15. The van der Waals surface area contributed by atoms with Gasteiger partial charge in [-0.05, 0) is 101 Å². The van der Waals surface area contributed by atoms with Crippen molar-refractivity contribution in [2.45, 2.75) is 0 Å². The van der Waals surface area contributed by atoms with Crippen LogP contribution in [0, 0.1) is 0 Å². The van der Waals surface area contributed by atoms with Crippen molar-refractivity contribution in [2.24, 2.45) is 0 Å². The topological polar surface area (TPSA) is 55.6 Å². The van der Waals surface area contributed by atoms with E-state index in [1.807, 2.05) is 60.7 Å². The van der Waals surface area contributed by atoms with Crippen LogP contribution in [0.3, 0.4) is 0 Å². The number of para-hydroxylation sites is 1. The molecule has 0 unspecified atom stereocenters. The van der Waals surface area contributed by atoms with E-state index in [0.717, 1.165) is 94.3 Å². The summed E-state index contributed by atoms with van der Waals surface area (Å²) >= 11 is 0. The average molecular weight is 695 g/mol. The van der Waals surface area contributed by atoms with Crippen LogP contribution in [-0.2, 0) is 0 Å². The highest BCUT2D eigenvalue weighted by molar-refractivity contribution is 6.17. The van der Waals surface area contributed by atoms with E-state index in [1.54, 1.807) is 0 Å². The first-order valence-electron chi connectivity index (χ1n) is 18.0. The fourth-order valence-electron chi connectivity index (χ4n) is 7.69. The van der Waals surface area contributed by atoms with Gasteiger partial charge in [0.1, 0.15) is 27.8 Å². The van der Waals surface area contributed by atoms with E-state index < -0.39 is 0 Å². The molecule has 11 rings (SSSR count). The van der Waals surface area contributed by atoms with Crippen LogP contribution in [-0.4, -0.2) is 4.98 Å². The SMILES string of the molecule is c1ccc(-c2cccc(N(c3ccc(-c4ccc5c(c4)oc4ccc6nc(-c7ccccc7)oc6c45)cc3)c3ccc4c(c3)oc3ccccc34)c2)cc1. The van der Waals surface area contributed by atoms with Gasteiger partial charge in [0.05, 0.1) is 5.39 Å². The summed E-state index contributed by atoms with van der Waals surface area (Å²) < 4.78 is 19.1. The number of oxazole rings is 1. The zero-order valence-electron chi connectivity index (χ0n) is 28.9. The van der Waals surface area contributed by atoms with Crippen LogP contribution in [0.15, 0.2) is 195 Å². The molecule has 0 radical (unpaired) electrons. The van der Waals surface area contributed by atoms with Crippen LogP contribution in [0.4, 0.5) is 17.1 Å². The van der Waals surface area contributed by atoms with E-state index in [-0.39, 0.29) is 0 Å². The lowest BCUT2D eigenvalue weighted by Crippen LogP contribution is -2.10. The molecule has 0 N–H and O–H groups in total. The number of hydrogen-bond donors (Lipinski definition) is 0. The average Bonchev–Trinajstić information content (AvgIpc) is 3.95. The smallest absolute Gasteiger partial charge is 0.227 e. The molecular formula is C49H30N2O3. The number of hydrogen-bond acceptors (Lipinski definition) is 5. The van der Waals surface area contributed by atoms with Gasteiger partial charge in [0, 0.05) is 44.9 Å². The van der Waals surface area contributed by atoms with E-state index >= 15 is 0 Å². The van der Waals surface area contributed by atoms with Gasteiger partial charge in [0.2, 0.25) is 5.89 Å². The van der Waals surface area contributed by atoms with Crippen molar-refractivity contribution >= 4 is 72.0 Å². The summed E-state index contributed by atoms with van der Waals surface area (Å²) in [6.07, 6.45) is 0. The molecule has 0 fully saturated rings. The van der Waals surface area contributed by atoms with Gasteiger partial charge in [-0.1, -0.05) is 97.1 Å². The zero-order chi connectivity index (χ0) is 35.6. The number of aromatic nitrogens is 1. The molecule has 0 atom stereocenters. The molecule has 254 valence electrons. The highest BCUT2D eigenvalue weighted by atomic mass is 16.4. The Morgan fingerprint density at radius 1 is 0.352 bits per heavy atom. The van der Waals surface area contributed by atoms with Gasteiger partial charge in [-0.25, -0.2) is 4.98 Å². The Hall–Kier alpha value is -7.37. The molecule has 11 aromatic rings. The number of anilines is 3. The first kappa shape index (κ1) is 30.3. The number of benzene rings is 8. The maximum Gasteiger partial charge on any atom is 0.227 e. The van der Waals surface area contributed by atoms with E-state index in [0.29, 0.717) is 5.89 Å². The molecule has 0 aliphatic heterocycles. The van der Waals surface area contributed by atoms with Gasteiger partial charge in [-0.3, -0.25) is 0 Å². The maximum absolute atomic E-state index is 6.41. The first-order chi connectivity index (χ1) is 26.7. The third kappa shape index (κ3) is 4.98. The molecule has 0 bridgehead atoms. The molecule has 3 aromatic heterocycles.